The van der Waals surface area contributed by atoms with E-state index in [0.717, 1.165) is 0 Å². The minimum absolute atomic E-state index is 0. The van der Waals surface area contributed by atoms with E-state index in [2.05, 4.69) is 31.1 Å². The molecule has 0 bridgehead atoms. The summed E-state index contributed by atoms with van der Waals surface area (Å²) in [5.41, 5.74) is 1.83. The molecule has 0 atom stereocenters. The number of carbonyl (C=O) groups is 2. The number of phenolic OH excluding ortho intramolecular Hbond substituents is 4. The van der Waals surface area contributed by atoms with Gasteiger partial charge < -0.3 is 37.2 Å². The van der Waals surface area contributed by atoms with Crippen molar-refractivity contribution in [1.29, 1.82) is 0 Å². The van der Waals surface area contributed by atoms with Gasteiger partial charge in [0.2, 0.25) is 0 Å². The van der Waals surface area contributed by atoms with Gasteiger partial charge in [-0.25, -0.2) is 0 Å². The molecule has 16 heteroatoms. The monoisotopic (exact) mass is 908 g/mol. The maximum absolute atomic E-state index is 12.8. The van der Waals surface area contributed by atoms with Gasteiger partial charge in [-0.3, -0.25) is 9.59 Å². The first-order valence-corrected chi connectivity index (χ1v) is 18.8. The molecule has 0 aliphatic rings. The van der Waals surface area contributed by atoms with Crippen LogP contribution in [0.4, 0.5) is 34.1 Å². The van der Waals surface area contributed by atoms with Crippen molar-refractivity contribution in [3.63, 3.8) is 0 Å². The first-order chi connectivity index (χ1) is 29.0. The zero-order valence-corrected chi connectivity index (χ0v) is 35.1. The van der Waals surface area contributed by atoms with E-state index >= 15 is 0 Å². The molecule has 0 aromatic heterocycles. The number of para-hydroxylation sites is 2. The smallest absolute Gasteiger partial charge is 0.259 e. The van der Waals surface area contributed by atoms with Crippen molar-refractivity contribution in [3.05, 3.63) is 179 Å². The van der Waals surface area contributed by atoms with Gasteiger partial charge in [-0.05, 0) is 83.6 Å². The predicted molar refractivity (Wildman–Crippen MR) is 241 cm³/mol. The average Bonchev–Trinajstić information content (AvgIpc) is 3.25. The van der Waals surface area contributed by atoms with E-state index in [1.807, 2.05) is 36.4 Å². The van der Waals surface area contributed by atoms with Crippen molar-refractivity contribution >= 4 is 90.7 Å². The first-order valence-electron chi connectivity index (χ1n) is 18.1. The Bertz CT molecular complexity index is 2760. The molecule has 0 aliphatic heterocycles. The summed E-state index contributed by atoms with van der Waals surface area (Å²) < 4.78 is 0. The number of benzene rings is 8. The fourth-order valence-electron chi connectivity index (χ4n) is 5.98. The summed E-state index contributed by atoms with van der Waals surface area (Å²) >= 11 is 11.9. The second-order valence-corrected chi connectivity index (χ2v) is 13.9. The van der Waals surface area contributed by atoms with Crippen molar-refractivity contribution in [2.75, 3.05) is 10.6 Å². The maximum atomic E-state index is 12.8. The molecule has 10 N–H and O–H groups in total. The van der Waals surface area contributed by atoms with Gasteiger partial charge in [0.1, 0.15) is 34.2 Å². The summed E-state index contributed by atoms with van der Waals surface area (Å²) in [6, 6.07) is 44.2. The van der Waals surface area contributed by atoms with Crippen LogP contribution in [0.3, 0.4) is 0 Å². The fraction of sp³-hybridized carbons (Fsp3) is 0. The minimum atomic E-state index is -0.480. The number of hydrogen-bond acceptors (Lipinski definition) is 10. The van der Waals surface area contributed by atoms with Crippen molar-refractivity contribution in [1.82, 2.24) is 6.15 Å². The van der Waals surface area contributed by atoms with E-state index in [1.54, 1.807) is 84.9 Å². The van der Waals surface area contributed by atoms with Crippen molar-refractivity contribution < 1.29 is 47.1 Å². The molecule has 62 heavy (non-hydrogen) atoms. The molecule has 0 unspecified atom stereocenters. The normalized spacial score (nSPS) is 10.7. The largest absolute Gasteiger partial charge is 0.506 e. The van der Waals surface area contributed by atoms with Crippen LogP contribution in [0.25, 0.3) is 21.5 Å². The Labute approximate surface area is 375 Å². The van der Waals surface area contributed by atoms with E-state index in [0.29, 0.717) is 43.0 Å². The number of hydrogen-bond donors (Lipinski definition) is 7. The van der Waals surface area contributed by atoms with Crippen LogP contribution >= 0.6 is 23.2 Å². The molecular weight excluding hydrogens is 873 g/mol. The number of azo groups is 2. The molecule has 2 amide bonds. The van der Waals surface area contributed by atoms with E-state index in [9.17, 15) is 30.0 Å². The second-order valence-electron chi connectivity index (χ2n) is 13.0. The average molecular weight is 910 g/mol. The van der Waals surface area contributed by atoms with Gasteiger partial charge in [0.05, 0.1) is 11.1 Å². The van der Waals surface area contributed by atoms with Crippen molar-refractivity contribution in [2.24, 2.45) is 20.5 Å². The molecule has 8 aromatic carbocycles. The Morgan fingerprint density at radius 3 is 1.19 bits per heavy atom. The molecule has 8 aromatic rings. The molecule has 0 spiro atoms. The summed E-state index contributed by atoms with van der Waals surface area (Å²) in [6.07, 6.45) is 0. The summed E-state index contributed by atoms with van der Waals surface area (Å²) in [4.78, 5) is 25.6. The van der Waals surface area contributed by atoms with E-state index in [1.165, 1.54) is 36.4 Å². The maximum Gasteiger partial charge on any atom is 0.259 e. The predicted octanol–water partition coefficient (Wildman–Crippen LogP) is 13.5. The number of nitrogens with zero attached hydrogens (tertiary/aromatic N) is 4. The van der Waals surface area contributed by atoms with E-state index in [-0.39, 0.29) is 80.1 Å². The molecule has 13 nitrogen and oxygen atoms in total. The van der Waals surface area contributed by atoms with Gasteiger partial charge in [-0.1, -0.05) is 108 Å². The number of phenols is 4. The van der Waals surface area contributed by atoms with Crippen molar-refractivity contribution in [2.45, 2.75) is 0 Å². The standard InChI is InChI=1S/2C23H16ClN3O3.Fe.H3N/c2*24-15-10-11-20(28)19(13-15)26-27-21-17-9-5-4-6-14(17)12-18(22(21)29)23(30)25-16-7-2-1-3-8-16;;/h2*1-13,28-29H,(H,25,30);;1H3/p+1. The Hall–Kier alpha value is -7.32. The van der Waals surface area contributed by atoms with Crippen LogP contribution in [-0.2, 0) is 17.1 Å². The van der Waals surface area contributed by atoms with E-state index in [4.69, 9.17) is 23.2 Å². The Balaban J connectivity index is 0.000000227. The number of anilines is 2. The summed E-state index contributed by atoms with van der Waals surface area (Å²) in [7, 11) is 0. The van der Waals surface area contributed by atoms with Gasteiger partial charge in [-0.2, -0.15) is 0 Å². The molecule has 0 radical (unpaired) electrons. The van der Waals surface area contributed by atoms with Crippen LogP contribution in [0.5, 0.6) is 23.0 Å². The van der Waals surface area contributed by atoms with Crippen LogP contribution in [-0.4, -0.2) is 32.2 Å². The van der Waals surface area contributed by atoms with Crippen molar-refractivity contribution in [3.8, 4) is 23.0 Å². The van der Waals surface area contributed by atoms with Gasteiger partial charge in [0, 0.05) is 49.3 Å². The topological polar surface area (TPSA) is 225 Å². The zero-order valence-electron chi connectivity index (χ0n) is 32.5. The molecular formula is C46H36Cl2FeN7O6+. The van der Waals surface area contributed by atoms with Crippen LogP contribution in [0.1, 0.15) is 20.7 Å². The molecule has 0 aliphatic carbocycles. The first kappa shape index (κ1) is 45.8. The number of nitrogens with one attached hydrogen (secondary N) is 2. The molecule has 0 heterocycles. The molecule has 0 fully saturated rings. The number of carbonyl (C=O) groups excluding carboxylic acids is 2. The minimum Gasteiger partial charge on any atom is -0.506 e. The van der Waals surface area contributed by atoms with Crippen LogP contribution < -0.4 is 16.8 Å². The molecule has 8 rings (SSSR count). The van der Waals surface area contributed by atoms with Gasteiger partial charge >= 0.3 is 0 Å². The van der Waals surface area contributed by atoms with E-state index < -0.39 is 11.8 Å². The number of quaternary nitrogens is 1. The number of aromatic hydroxyl groups is 4. The molecule has 0 saturated heterocycles. The van der Waals surface area contributed by atoms with Gasteiger partial charge in [0.25, 0.3) is 11.8 Å². The number of fused-ring (bicyclic) bond motifs is 2. The Kier molecular flexibility index (Phi) is 15.3. The summed E-state index contributed by atoms with van der Waals surface area (Å²) in [6.45, 7) is 0. The molecule has 312 valence electrons. The number of halogens is 2. The van der Waals surface area contributed by atoms with Gasteiger partial charge in [0.15, 0.2) is 11.5 Å². The zero-order chi connectivity index (χ0) is 42.2. The fourth-order valence-corrected chi connectivity index (χ4v) is 6.32. The molecule has 0 saturated carbocycles. The number of amides is 2. The second kappa shape index (κ2) is 20.8. The van der Waals surface area contributed by atoms with Gasteiger partial charge in [-0.15, -0.1) is 20.5 Å². The quantitative estimate of drug-likeness (QED) is 0.0579. The number of rotatable bonds is 8. The Morgan fingerprint density at radius 1 is 0.452 bits per heavy atom. The third-order valence-electron chi connectivity index (χ3n) is 8.93. The summed E-state index contributed by atoms with van der Waals surface area (Å²) in [5, 5.41) is 66.8. The Morgan fingerprint density at radius 2 is 0.806 bits per heavy atom. The SMILES string of the molecule is O=C(Nc1ccccc1)c1cc2ccccc2c(N=Nc2cc(Cl)ccc2O)c1O.O=C(Nc1ccccc1)c1cc2ccccc2c(N=Nc2cc(Cl)ccc2O)c1O.[Fe].[NH4+]. The third kappa shape index (κ3) is 10.7. The van der Waals surface area contributed by atoms with Crippen LogP contribution in [0.15, 0.2) is 178 Å². The van der Waals surface area contributed by atoms with Crippen LogP contribution in [0, 0.1) is 0 Å². The summed E-state index contributed by atoms with van der Waals surface area (Å²) in [5.74, 6) is -1.80. The third-order valence-corrected chi connectivity index (χ3v) is 9.40. The van der Waals surface area contributed by atoms with Crippen LogP contribution in [0.2, 0.25) is 10.0 Å².